The molecule has 0 saturated heterocycles. The molecule has 150 valence electrons. The highest BCUT2D eigenvalue weighted by atomic mass is 16.5. The minimum atomic E-state index is -0.715. The molecule has 0 aliphatic carbocycles. The first-order chi connectivity index (χ1) is 14.4. The molecule has 0 spiro atoms. The molecule has 0 bridgehead atoms. The fourth-order valence-corrected chi connectivity index (χ4v) is 3.28. The van der Waals surface area contributed by atoms with Gasteiger partial charge < -0.3 is 15.0 Å². The number of ether oxygens (including phenoxy) is 1. The summed E-state index contributed by atoms with van der Waals surface area (Å²) in [4.78, 5) is 32.6. The van der Waals surface area contributed by atoms with E-state index in [1.54, 1.807) is 19.1 Å². The number of Topliss-reactive ketones (excluding diaryl/α,β-unsaturated/α-hetero) is 1. The van der Waals surface area contributed by atoms with Crippen molar-refractivity contribution in [2.45, 2.75) is 20.8 Å². The van der Waals surface area contributed by atoms with Gasteiger partial charge in [0, 0.05) is 22.7 Å². The molecule has 0 saturated carbocycles. The zero-order chi connectivity index (χ0) is 21.3. The average molecular weight is 399 g/mol. The Morgan fingerprint density at radius 3 is 2.50 bits per heavy atom. The molecule has 0 radical (unpaired) electrons. The highest BCUT2D eigenvalue weighted by Gasteiger charge is 2.22. The summed E-state index contributed by atoms with van der Waals surface area (Å²) in [7, 11) is 0. The number of aromatic nitrogens is 2. The van der Waals surface area contributed by atoms with Crippen molar-refractivity contribution in [1.82, 2.24) is 9.97 Å². The standard InChI is InChI=1S/C24H21N3O3/c1-14-8-10-18(12-15(14)2)30-21-11-9-17(13-25-21)27-24(29)23(28)22-16(3)26-20-7-5-4-6-19(20)22/h4-13,26H,1-3H3,(H,27,29). The van der Waals surface area contributed by atoms with E-state index in [4.69, 9.17) is 4.74 Å². The van der Waals surface area contributed by atoms with Crippen molar-refractivity contribution in [2.24, 2.45) is 0 Å². The molecule has 0 aliphatic heterocycles. The molecule has 6 nitrogen and oxygen atoms in total. The average Bonchev–Trinajstić information content (AvgIpc) is 3.07. The molecule has 0 unspecified atom stereocenters. The van der Waals surface area contributed by atoms with E-state index in [-0.39, 0.29) is 0 Å². The van der Waals surface area contributed by atoms with Crippen LogP contribution in [0.25, 0.3) is 10.9 Å². The van der Waals surface area contributed by atoms with Gasteiger partial charge in [0.1, 0.15) is 5.75 Å². The maximum absolute atomic E-state index is 12.7. The van der Waals surface area contributed by atoms with Crippen LogP contribution in [0.2, 0.25) is 0 Å². The van der Waals surface area contributed by atoms with Gasteiger partial charge in [-0.25, -0.2) is 4.98 Å². The number of rotatable bonds is 5. The number of carbonyl (C=O) groups excluding carboxylic acids is 2. The minimum Gasteiger partial charge on any atom is -0.439 e. The van der Waals surface area contributed by atoms with E-state index in [1.165, 1.54) is 11.8 Å². The monoisotopic (exact) mass is 399 g/mol. The Hall–Kier alpha value is -3.93. The van der Waals surface area contributed by atoms with Crippen molar-refractivity contribution in [1.29, 1.82) is 0 Å². The van der Waals surface area contributed by atoms with Crippen LogP contribution in [0.3, 0.4) is 0 Å². The molecule has 0 fully saturated rings. The summed E-state index contributed by atoms with van der Waals surface area (Å²) in [5, 5.41) is 3.34. The van der Waals surface area contributed by atoms with Crippen molar-refractivity contribution in [3.63, 3.8) is 0 Å². The lowest BCUT2D eigenvalue weighted by Gasteiger charge is -2.08. The largest absolute Gasteiger partial charge is 0.439 e. The number of anilines is 1. The van der Waals surface area contributed by atoms with Crippen LogP contribution in [0.4, 0.5) is 5.69 Å². The van der Waals surface area contributed by atoms with E-state index in [0.717, 1.165) is 16.5 Å². The lowest BCUT2D eigenvalue weighted by molar-refractivity contribution is -0.112. The SMILES string of the molecule is Cc1ccc(Oc2ccc(NC(=O)C(=O)c3c(C)[nH]c4ccccc34)cn2)cc1C. The molecule has 2 aromatic carbocycles. The van der Waals surface area contributed by atoms with E-state index in [2.05, 4.69) is 15.3 Å². The number of carbonyl (C=O) groups is 2. The van der Waals surface area contributed by atoms with Crippen LogP contribution < -0.4 is 10.1 Å². The maximum Gasteiger partial charge on any atom is 0.296 e. The summed E-state index contributed by atoms with van der Waals surface area (Å²) < 4.78 is 5.75. The van der Waals surface area contributed by atoms with Crippen LogP contribution in [0, 0.1) is 20.8 Å². The lowest BCUT2D eigenvalue weighted by Crippen LogP contribution is -2.23. The molecule has 0 aliphatic rings. The Morgan fingerprint density at radius 1 is 0.967 bits per heavy atom. The molecule has 4 aromatic rings. The third-order valence-corrected chi connectivity index (χ3v) is 5.02. The van der Waals surface area contributed by atoms with Gasteiger partial charge >= 0.3 is 0 Å². The molecule has 2 heterocycles. The number of amides is 1. The summed E-state index contributed by atoms with van der Waals surface area (Å²) in [6.45, 7) is 5.83. The van der Waals surface area contributed by atoms with Crippen molar-refractivity contribution in [2.75, 3.05) is 5.32 Å². The third-order valence-electron chi connectivity index (χ3n) is 5.02. The van der Waals surface area contributed by atoms with Gasteiger partial charge in [-0.2, -0.15) is 0 Å². The van der Waals surface area contributed by atoms with Gasteiger partial charge in [-0.3, -0.25) is 9.59 Å². The summed E-state index contributed by atoms with van der Waals surface area (Å²) in [5.74, 6) is -0.227. The zero-order valence-corrected chi connectivity index (χ0v) is 16.9. The van der Waals surface area contributed by atoms with Gasteiger partial charge in [-0.15, -0.1) is 0 Å². The maximum atomic E-state index is 12.7. The summed E-state index contributed by atoms with van der Waals surface area (Å²) >= 11 is 0. The molecule has 6 heteroatoms. The van der Waals surface area contributed by atoms with Crippen LogP contribution >= 0.6 is 0 Å². The number of hydrogen-bond donors (Lipinski definition) is 2. The predicted molar refractivity (Wildman–Crippen MR) is 116 cm³/mol. The number of fused-ring (bicyclic) bond motifs is 1. The molecular weight excluding hydrogens is 378 g/mol. The van der Waals surface area contributed by atoms with Crippen molar-refractivity contribution in [3.05, 3.63) is 83.2 Å². The molecule has 2 N–H and O–H groups in total. The number of ketones is 1. The van der Waals surface area contributed by atoms with Gasteiger partial charge in [0.2, 0.25) is 5.88 Å². The van der Waals surface area contributed by atoms with Crippen LogP contribution in [-0.4, -0.2) is 21.7 Å². The summed E-state index contributed by atoms with van der Waals surface area (Å²) in [5.41, 5.74) is 4.59. The third kappa shape index (κ3) is 3.80. The second-order valence-electron chi connectivity index (χ2n) is 7.19. The first kappa shape index (κ1) is 19.4. The van der Waals surface area contributed by atoms with E-state index in [9.17, 15) is 9.59 Å². The van der Waals surface area contributed by atoms with Crippen molar-refractivity contribution >= 4 is 28.3 Å². The first-order valence-electron chi connectivity index (χ1n) is 9.56. The second kappa shape index (κ2) is 7.83. The number of aromatic amines is 1. The number of aryl methyl sites for hydroxylation is 3. The fourth-order valence-electron chi connectivity index (χ4n) is 3.28. The van der Waals surface area contributed by atoms with Crippen molar-refractivity contribution < 1.29 is 14.3 Å². The molecule has 4 rings (SSSR count). The smallest absolute Gasteiger partial charge is 0.296 e. The van der Waals surface area contributed by atoms with Gasteiger partial charge in [0.25, 0.3) is 11.7 Å². The number of nitrogens with one attached hydrogen (secondary N) is 2. The Kier molecular flexibility index (Phi) is 5.06. The molecule has 2 aromatic heterocycles. The summed E-state index contributed by atoms with van der Waals surface area (Å²) in [6, 6.07) is 16.5. The van der Waals surface area contributed by atoms with Crippen molar-refractivity contribution in [3.8, 4) is 11.6 Å². The van der Waals surface area contributed by atoms with Crippen LogP contribution in [0.5, 0.6) is 11.6 Å². The van der Waals surface area contributed by atoms with Crippen LogP contribution in [0.15, 0.2) is 60.8 Å². The number of para-hydroxylation sites is 1. The van der Waals surface area contributed by atoms with Gasteiger partial charge in [0.15, 0.2) is 0 Å². The highest BCUT2D eigenvalue weighted by Crippen LogP contribution is 2.24. The highest BCUT2D eigenvalue weighted by molar-refractivity contribution is 6.48. The van der Waals surface area contributed by atoms with E-state index >= 15 is 0 Å². The lowest BCUT2D eigenvalue weighted by atomic mass is 10.1. The molecule has 1 amide bonds. The van der Waals surface area contributed by atoms with Crippen LogP contribution in [-0.2, 0) is 4.79 Å². The quantitative estimate of drug-likeness (QED) is 0.361. The predicted octanol–water partition coefficient (Wildman–Crippen LogP) is 5.10. The van der Waals surface area contributed by atoms with Gasteiger partial charge in [0.05, 0.1) is 17.4 Å². The molecule has 0 atom stereocenters. The van der Waals surface area contributed by atoms with Crippen LogP contribution in [0.1, 0.15) is 27.2 Å². The summed E-state index contributed by atoms with van der Waals surface area (Å²) in [6.07, 6.45) is 1.46. The number of H-pyrrole nitrogens is 1. The van der Waals surface area contributed by atoms with E-state index in [0.29, 0.717) is 28.6 Å². The Balaban J connectivity index is 1.47. The molecular formula is C24H21N3O3. The van der Waals surface area contributed by atoms with E-state index in [1.807, 2.05) is 56.3 Å². The fraction of sp³-hybridized carbons (Fsp3) is 0.125. The number of nitrogens with zero attached hydrogens (tertiary/aromatic N) is 1. The Morgan fingerprint density at radius 2 is 1.77 bits per heavy atom. The van der Waals surface area contributed by atoms with Gasteiger partial charge in [-0.1, -0.05) is 24.3 Å². The molecule has 30 heavy (non-hydrogen) atoms. The van der Waals surface area contributed by atoms with Gasteiger partial charge in [-0.05, 0) is 56.2 Å². The minimum absolute atomic E-state index is 0.380. The number of pyridine rings is 1. The Bertz CT molecular complexity index is 1260. The number of benzene rings is 2. The first-order valence-corrected chi connectivity index (χ1v) is 9.56. The normalized spacial score (nSPS) is 10.8. The number of hydrogen-bond acceptors (Lipinski definition) is 4. The second-order valence-corrected chi connectivity index (χ2v) is 7.19. The Labute approximate surface area is 173 Å². The topological polar surface area (TPSA) is 84.1 Å². The van der Waals surface area contributed by atoms with E-state index < -0.39 is 11.7 Å². The zero-order valence-electron chi connectivity index (χ0n) is 16.9.